The molecule has 1 N–H and O–H groups in total. The Kier molecular flexibility index (Phi) is 5.59. The molecule has 0 fully saturated rings. The van der Waals surface area contributed by atoms with Crippen LogP contribution in [0.1, 0.15) is 27.7 Å². The van der Waals surface area contributed by atoms with E-state index >= 15 is 0 Å². The van der Waals surface area contributed by atoms with Gasteiger partial charge in [-0.2, -0.15) is 0 Å². The zero-order chi connectivity index (χ0) is 23.9. The number of fused-ring (bicyclic) bond motifs is 3. The molecule has 0 radical (unpaired) electrons. The van der Waals surface area contributed by atoms with Crippen molar-refractivity contribution in [2.24, 2.45) is 0 Å². The first-order valence-electron chi connectivity index (χ1n) is 11.7. The molecule has 0 spiro atoms. The van der Waals surface area contributed by atoms with Crippen molar-refractivity contribution in [2.45, 2.75) is 38.9 Å². The van der Waals surface area contributed by atoms with Gasteiger partial charge < -0.3 is 14.2 Å². The van der Waals surface area contributed by atoms with E-state index in [-0.39, 0.29) is 0 Å². The van der Waals surface area contributed by atoms with Crippen LogP contribution in [0, 0.1) is 0 Å². The van der Waals surface area contributed by atoms with E-state index in [1.807, 2.05) is 32.0 Å². The number of furan rings is 1. The summed E-state index contributed by atoms with van der Waals surface area (Å²) in [6.07, 6.45) is 0. The smallest absolute Gasteiger partial charge is 0.310 e. The van der Waals surface area contributed by atoms with E-state index in [4.69, 9.17) is 9.07 Å². The van der Waals surface area contributed by atoms with Crippen molar-refractivity contribution in [2.75, 3.05) is 0 Å². The van der Waals surface area contributed by atoms with Gasteiger partial charge in [-0.05, 0) is 73.6 Å². The van der Waals surface area contributed by atoms with Gasteiger partial charge in [0.1, 0.15) is 11.2 Å². The number of hydrogen-bond donors (Lipinski definition) is 1. The van der Waals surface area contributed by atoms with E-state index in [1.54, 1.807) is 13.8 Å². The number of rotatable bonds is 6. The molecule has 34 heavy (non-hydrogen) atoms. The van der Waals surface area contributed by atoms with Crippen LogP contribution >= 0.6 is 0 Å². The Labute approximate surface area is 201 Å². The predicted octanol–water partition coefficient (Wildman–Crippen LogP) is 6.46. The standard InChI is InChI=1S/C30H29BO3/c1-29(2,32)30(3,4)34-31-25-11-8-12-26-28(25)24-18-17-23(19-27(24)33-26)22-15-13-21(14-16-22)20-9-6-5-7-10-20/h5-19,31-32H,1-4H3. The van der Waals surface area contributed by atoms with Crippen molar-refractivity contribution in [1.29, 1.82) is 0 Å². The summed E-state index contributed by atoms with van der Waals surface area (Å²) >= 11 is 0. The van der Waals surface area contributed by atoms with E-state index in [2.05, 4.69) is 72.8 Å². The molecule has 0 bridgehead atoms. The summed E-state index contributed by atoms with van der Waals surface area (Å²) in [5.41, 5.74) is 5.79. The maximum Gasteiger partial charge on any atom is 0.310 e. The fourth-order valence-electron chi connectivity index (χ4n) is 4.12. The van der Waals surface area contributed by atoms with Crippen molar-refractivity contribution in [1.82, 2.24) is 0 Å². The molecule has 5 aromatic rings. The Morgan fingerprint density at radius 1 is 0.676 bits per heavy atom. The van der Waals surface area contributed by atoms with Gasteiger partial charge in [-0.3, -0.25) is 0 Å². The van der Waals surface area contributed by atoms with Gasteiger partial charge in [-0.15, -0.1) is 0 Å². The molecule has 0 unspecified atom stereocenters. The number of hydrogen-bond acceptors (Lipinski definition) is 3. The summed E-state index contributed by atoms with van der Waals surface area (Å²) in [7, 11) is 0.395. The van der Waals surface area contributed by atoms with Gasteiger partial charge in [0.25, 0.3) is 0 Å². The van der Waals surface area contributed by atoms with E-state index in [0.717, 1.165) is 38.5 Å². The lowest BCUT2D eigenvalue weighted by atomic mass is 9.80. The SMILES string of the molecule is CC(C)(O)C(C)(C)OBc1cccc2oc3cc(-c4ccc(-c5ccccc5)cc4)ccc3c12. The molecular weight excluding hydrogens is 419 g/mol. The highest BCUT2D eigenvalue weighted by Crippen LogP contribution is 2.33. The van der Waals surface area contributed by atoms with E-state index in [9.17, 15) is 5.11 Å². The van der Waals surface area contributed by atoms with Gasteiger partial charge in [0.05, 0.1) is 11.2 Å². The van der Waals surface area contributed by atoms with Gasteiger partial charge in [0.15, 0.2) is 0 Å². The minimum Gasteiger partial charge on any atom is -0.456 e. The first-order valence-corrected chi connectivity index (χ1v) is 11.7. The van der Waals surface area contributed by atoms with Crippen LogP contribution in [0.3, 0.4) is 0 Å². The molecule has 4 aromatic carbocycles. The third-order valence-electron chi connectivity index (χ3n) is 6.97. The minimum atomic E-state index is -0.954. The Hall–Kier alpha value is -3.34. The van der Waals surface area contributed by atoms with Crippen molar-refractivity contribution >= 4 is 34.9 Å². The molecule has 0 saturated carbocycles. The summed E-state index contributed by atoms with van der Waals surface area (Å²) < 4.78 is 12.4. The van der Waals surface area contributed by atoms with Gasteiger partial charge in [-0.25, -0.2) is 0 Å². The average molecular weight is 448 g/mol. The third-order valence-corrected chi connectivity index (χ3v) is 6.97. The largest absolute Gasteiger partial charge is 0.456 e. The van der Waals surface area contributed by atoms with Crippen molar-refractivity contribution in [3.05, 3.63) is 91.0 Å². The fraction of sp³-hybridized carbons (Fsp3) is 0.200. The molecule has 5 rings (SSSR count). The highest BCUT2D eigenvalue weighted by molar-refractivity contribution is 6.52. The fourth-order valence-corrected chi connectivity index (χ4v) is 4.12. The van der Waals surface area contributed by atoms with Crippen LogP contribution < -0.4 is 5.46 Å². The summed E-state index contributed by atoms with van der Waals surface area (Å²) in [6, 6.07) is 31.5. The lowest BCUT2D eigenvalue weighted by molar-refractivity contribution is -0.0893. The molecule has 0 aliphatic carbocycles. The van der Waals surface area contributed by atoms with Crippen LogP contribution in [0.15, 0.2) is 95.4 Å². The Morgan fingerprint density at radius 3 is 1.97 bits per heavy atom. The Balaban J connectivity index is 1.48. The lowest BCUT2D eigenvalue weighted by Gasteiger charge is -2.37. The van der Waals surface area contributed by atoms with Crippen LogP contribution in [-0.2, 0) is 4.65 Å². The highest BCUT2D eigenvalue weighted by Gasteiger charge is 2.35. The molecule has 3 nitrogen and oxygen atoms in total. The van der Waals surface area contributed by atoms with Crippen molar-refractivity contribution in [3.63, 3.8) is 0 Å². The summed E-state index contributed by atoms with van der Waals surface area (Å²) in [5, 5.41) is 12.6. The molecule has 0 amide bonds. The normalized spacial score (nSPS) is 12.4. The molecule has 1 aromatic heterocycles. The zero-order valence-corrected chi connectivity index (χ0v) is 20.1. The van der Waals surface area contributed by atoms with E-state index < -0.39 is 11.2 Å². The zero-order valence-electron chi connectivity index (χ0n) is 20.1. The molecule has 0 aliphatic rings. The maximum absolute atomic E-state index is 10.4. The first-order chi connectivity index (χ1) is 16.2. The Morgan fingerprint density at radius 2 is 1.29 bits per heavy atom. The van der Waals surface area contributed by atoms with Gasteiger partial charge in [-0.1, -0.05) is 72.8 Å². The predicted molar refractivity (Wildman–Crippen MR) is 143 cm³/mol. The quantitative estimate of drug-likeness (QED) is 0.303. The molecule has 1 heterocycles. The molecule has 170 valence electrons. The molecule has 0 saturated heterocycles. The minimum absolute atomic E-state index is 0.395. The van der Waals surface area contributed by atoms with E-state index in [1.165, 1.54) is 11.1 Å². The Bertz CT molecular complexity index is 1440. The van der Waals surface area contributed by atoms with Gasteiger partial charge in [0, 0.05) is 10.8 Å². The van der Waals surface area contributed by atoms with Gasteiger partial charge in [0.2, 0.25) is 0 Å². The average Bonchev–Trinajstić information content (AvgIpc) is 3.21. The summed E-state index contributed by atoms with van der Waals surface area (Å²) in [5.74, 6) is 0. The molecule has 0 aliphatic heterocycles. The molecule has 0 atom stereocenters. The van der Waals surface area contributed by atoms with Crippen molar-refractivity contribution < 1.29 is 14.2 Å². The second kappa shape index (κ2) is 8.46. The van der Waals surface area contributed by atoms with E-state index in [0.29, 0.717) is 7.48 Å². The lowest BCUT2D eigenvalue weighted by Crippen LogP contribution is -2.49. The second-order valence-corrected chi connectivity index (χ2v) is 9.90. The van der Waals surface area contributed by atoms with Crippen LogP contribution in [0.4, 0.5) is 0 Å². The van der Waals surface area contributed by atoms with Crippen LogP contribution in [0.5, 0.6) is 0 Å². The number of aliphatic hydroxyl groups is 1. The number of benzene rings is 4. The van der Waals surface area contributed by atoms with Crippen LogP contribution in [0.25, 0.3) is 44.2 Å². The third kappa shape index (κ3) is 4.15. The topological polar surface area (TPSA) is 42.6 Å². The van der Waals surface area contributed by atoms with Crippen LogP contribution in [0.2, 0.25) is 0 Å². The first kappa shape index (κ1) is 22.5. The van der Waals surface area contributed by atoms with Crippen LogP contribution in [-0.4, -0.2) is 23.8 Å². The van der Waals surface area contributed by atoms with Crippen molar-refractivity contribution in [3.8, 4) is 22.3 Å². The molecule has 4 heteroatoms. The molecular formula is C30H29BO3. The second-order valence-electron chi connectivity index (χ2n) is 9.90. The van der Waals surface area contributed by atoms with Gasteiger partial charge >= 0.3 is 7.48 Å². The maximum atomic E-state index is 10.4. The highest BCUT2D eigenvalue weighted by atomic mass is 16.5. The summed E-state index contributed by atoms with van der Waals surface area (Å²) in [6.45, 7) is 7.37. The summed E-state index contributed by atoms with van der Waals surface area (Å²) in [4.78, 5) is 0. The monoisotopic (exact) mass is 448 g/mol.